The van der Waals surface area contributed by atoms with Crippen LogP contribution in [0.15, 0.2) is 70.1 Å². The minimum atomic E-state index is -0.411. The van der Waals surface area contributed by atoms with Gasteiger partial charge in [-0.15, -0.1) is 0 Å². The molecule has 2 amide bonds. The van der Waals surface area contributed by atoms with Crippen molar-refractivity contribution < 1.29 is 9.21 Å². The number of amides is 2. The summed E-state index contributed by atoms with van der Waals surface area (Å²) >= 11 is 0. The van der Waals surface area contributed by atoms with E-state index >= 15 is 0 Å². The number of anilines is 2. The average molecular weight is 374 g/mol. The third-order valence-corrected chi connectivity index (χ3v) is 4.42. The van der Waals surface area contributed by atoms with Gasteiger partial charge in [0.15, 0.2) is 0 Å². The maximum Gasteiger partial charge on any atom is 0.326 e. The number of nitrogens with zero attached hydrogens (tertiary/aromatic N) is 2. The van der Waals surface area contributed by atoms with Crippen molar-refractivity contribution in [3.8, 4) is 5.69 Å². The number of hydrogen-bond acceptors (Lipinski definition) is 4. The van der Waals surface area contributed by atoms with Crippen molar-refractivity contribution in [1.29, 1.82) is 0 Å². The molecule has 0 saturated heterocycles. The molecule has 7 heteroatoms. The Morgan fingerprint density at radius 1 is 1.04 bits per heavy atom. The first-order valence-electron chi connectivity index (χ1n) is 8.74. The minimum absolute atomic E-state index is 0.126. The van der Waals surface area contributed by atoms with Crippen molar-refractivity contribution in [2.45, 2.75) is 13.8 Å². The Bertz CT molecular complexity index is 1230. The average Bonchev–Trinajstić information content (AvgIpc) is 3.17. The normalized spacial score (nSPS) is 10.8. The zero-order valence-electron chi connectivity index (χ0n) is 15.4. The summed E-state index contributed by atoms with van der Waals surface area (Å²) in [7, 11) is 0. The second-order valence-corrected chi connectivity index (χ2v) is 6.37. The number of aryl methyl sites for hydroxylation is 2. The number of aromatic nitrogens is 2. The van der Waals surface area contributed by atoms with Gasteiger partial charge in [0.25, 0.3) is 5.56 Å². The van der Waals surface area contributed by atoms with Crippen LogP contribution in [0.5, 0.6) is 0 Å². The maximum atomic E-state index is 12.9. The van der Waals surface area contributed by atoms with Gasteiger partial charge in [-0.3, -0.25) is 14.7 Å². The Balaban J connectivity index is 1.66. The largest absolute Gasteiger partial charge is 0.449 e. The zero-order chi connectivity index (χ0) is 19.7. The third-order valence-electron chi connectivity index (χ3n) is 4.42. The van der Waals surface area contributed by atoms with Crippen molar-refractivity contribution in [3.05, 3.63) is 82.6 Å². The maximum absolute atomic E-state index is 12.9. The highest BCUT2D eigenvalue weighted by Gasteiger charge is 2.12. The van der Waals surface area contributed by atoms with E-state index in [9.17, 15) is 9.59 Å². The van der Waals surface area contributed by atoms with Crippen LogP contribution in [0, 0.1) is 13.8 Å². The summed E-state index contributed by atoms with van der Waals surface area (Å²) < 4.78 is 6.67. The predicted octanol–water partition coefficient (Wildman–Crippen LogP) is 4.24. The van der Waals surface area contributed by atoms with Crippen LogP contribution >= 0.6 is 0 Å². The standard InChI is InChI=1S/C21H18N4O3/c1-13-12-15(9-10-17(13)23-21(27)24-19-8-5-11-28-19)25-14(2)22-18-7-4-3-6-16(18)20(25)26/h3-12H,1-2H3,(H2,23,24,27). The molecule has 7 nitrogen and oxygen atoms in total. The summed E-state index contributed by atoms with van der Waals surface area (Å²) in [5.41, 5.74) is 2.68. The molecule has 0 aliphatic rings. The van der Waals surface area contributed by atoms with Crippen LogP contribution in [0.3, 0.4) is 0 Å². The summed E-state index contributed by atoms with van der Waals surface area (Å²) in [6, 6.07) is 15.6. The van der Waals surface area contributed by atoms with E-state index in [0.29, 0.717) is 34.0 Å². The molecule has 4 aromatic rings. The topological polar surface area (TPSA) is 89.2 Å². The molecule has 0 bridgehead atoms. The van der Waals surface area contributed by atoms with E-state index in [0.717, 1.165) is 5.56 Å². The molecule has 0 atom stereocenters. The highest BCUT2D eigenvalue weighted by molar-refractivity contribution is 5.99. The molecule has 0 saturated carbocycles. The van der Waals surface area contributed by atoms with E-state index in [1.807, 2.05) is 31.2 Å². The fourth-order valence-electron chi connectivity index (χ4n) is 3.09. The van der Waals surface area contributed by atoms with Crippen LogP contribution in [0.25, 0.3) is 16.6 Å². The molecule has 2 heterocycles. The van der Waals surface area contributed by atoms with Crippen LogP contribution in [-0.2, 0) is 0 Å². The van der Waals surface area contributed by atoms with Crippen molar-refractivity contribution in [2.24, 2.45) is 0 Å². The van der Waals surface area contributed by atoms with E-state index in [-0.39, 0.29) is 5.56 Å². The van der Waals surface area contributed by atoms with Crippen LogP contribution in [0.1, 0.15) is 11.4 Å². The first kappa shape index (κ1) is 17.5. The number of carbonyl (C=O) groups excluding carboxylic acids is 1. The van der Waals surface area contributed by atoms with E-state index in [4.69, 9.17) is 4.42 Å². The van der Waals surface area contributed by atoms with Crippen molar-refractivity contribution >= 4 is 28.5 Å². The molecule has 0 unspecified atom stereocenters. The number of benzene rings is 2. The smallest absolute Gasteiger partial charge is 0.326 e. The summed E-state index contributed by atoms with van der Waals surface area (Å²) in [4.78, 5) is 29.6. The van der Waals surface area contributed by atoms with Crippen molar-refractivity contribution in [3.63, 3.8) is 0 Å². The molecule has 0 spiro atoms. The SMILES string of the molecule is Cc1cc(-n2c(C)nc3ccccc3c2=O)ccc1NC(=O)Nc1ccco1. The van der Waals surface area contributed by atoms with Crippen LogP contribution in [0.2, 0.25) is 0 Å². The number of rotatable bonds is 3. The Kier molecular flexibility index (Phi) is 4.41. The molecule has 0 aliphatic carbocycles. The molecule has 0 fully saturated rings. The monoisotopic (exact) mass is 374 g/mol. The molecule has 28 heavy (non-hydrogen) atoms. The fraction of sp³-hybridized carbons (Fsp3) is 0.0952. The first-order chi connectivity index (χ1) is 13.5. The molecular weight excluding hydrogens is 356 g/mol. The Morgan fingerprint density at radius 3 is 2.61 bits per heavy atom. The van der Waals surface area contributed by atoms with Gasteiger partial charge in [-0.05, 0) is 55.8 Å². The summed E-state index contributed by atoms with van der Waals surface area (Å²) in [5.74, 6) is 0.954. The van der Waals surface area contributed by atoms with Gasteiger partial charge in [-0.25, -0.2) is 9.78 Å². The number of carbonyl (C=O) groups is 1. The quantitative estimate of drug-likeness (QED) is 0.561. The van der Waals surface area contributed by atoms with Gasteiger partial charge in [0.05, 0.1) is 22.9 Å². The van der Waals surface area contributed by atoms with Gasteiger partial charge < -0.3 is 9.73 Å². The minimum Gasteiger partial charge on any atom is -0.449 e. The lowest BCUT2D eigenvalue weighted by Crippen LogP contribution is -2.23. The van der Waals surface area contributed by atoms with E-state index in [1.165, 1.54) is 6.26 Å². The summed E-state index contributed by atoms with van der Waals surface area (Å²) in [6.45, 7) is 3.66. The van der Waals surface area contributed by atoms with Gasteiger partial charge in [0.2, 0.25) is 5.88 Å². The van der Waals surface area contributed by atoms with E-state index in [2.05, 4.69) is 15.6 Å². The number of hydrogen-bond donors (Lipinski definition) is 2. The Labute approximate surface area is 160 Å². The fourth-order valence-corrected chi connectivity index (χ4v) is 3.09. The lowest BCUT2D eigenvalue weighted by molar-refractivity contribution is 0.261. The van der Waals surface area contributed by atoms with Gasteiger partial charge in [-0.2, -0.15) is 0 Å². The lowest BCUT2D eigenvalue weighted by Gasteiger charge is -2.14. The molecule has 0 aliphatic heterocycles. The molecule has 2 aromatic heterocycles. The third kappa shape index (κ3) is 3.25. The van der Waals surface area contributed by atoms with Crippen LogP contribution < -0.4 is 16.2 Å². The molecule has 2 aromatic carbocycles. The molecule has 4 rings (SSSR count). The molecule has 140 valence electrons. The van der Waals surface area contributed by atoms with Gasteiger partial charge in [0.1, 0.15) is 5.82 Å². The van der Waals surface area contributed by atoms with Gasteiger partial charge in [-0.1, -0.05) is 12.1 Å². The number of furan rings is 1. The summed E-state index contributed by atoms with van der Waals surface area (Å²) in [5, 5.41) is 5.93. The molecule has 0 radical (unpaired) electrons. The van der Waals surface area contributed by atoms with Gasteiger partial charge >= 0.3 is 6.03 Å². The van der Waals surface area contributed by atoms with Crippen molar-refractivity contribution in [2.75, 3.05) is 10.6 Å². The van der Waals surface area contributed by atoms with Crippen LogP contribution in [-0.4, -0.2) is 15.6 Å². The van der Waals surface area contributed by atoms with E-state index in [1.54, 1.807) is 41.8 Å². The lowest BCUT2D eigenvalue weighted by atomic mass is 10.1. The summed E-state index contributed by atoms with van der Waals surface area (Å²) in [6.07, 6.45) is 1.48. The Morgan fingerprint density at radius 2 is 1.86 bits per heavy atom. The highest BCUT2D eigenvalue weighted by Crippen LogP contribution is 2.20. The number of urea groups is 1. The first-order valence-corrected chi connectivity index (χ1v) is 8.74. The second kappa shape index (κ2) is 7.03. The number of para-hydroxylation sites is 1. The van der Waals surface area contributed by atoms with E-state index < -0.39 is 6.03 Å². The van der Waals surface area contributed by atoms with Crippen LogP contribution in [0.4, 0.5) is 16.4 Å². The van der Waals surface area contributed by atoms with Gasteiger partial charge in [0, 0.05) is 11.8 Å². The van der Waals surface area contributed by atoms with Crippen molar-refractivity contribution in [1.82, 2.24) is 9.55 Å². The second-order valence-electron chi connectivity index (χ2n) is 6.37. The molecular formula is C21H18N4O3. The zero-order valence-corrected chi connectivity index (χ0v) is 15.4. The highest BCUT2D eigenvalue weighted by atomic mass is 16.3. The number of fused-ring (bicyclic) bond motifs is 1. The predicted molar refractivity (Wildman–Crippen MR) is 108 cm³/mol. The number of nitrogens with one attached hydrogen (secondary N) is 2. The molecule has 2 N–H and O–H groups in total. The Hall–Kier alpha value is -3.87.